The zero-order valence-electron chi connectivity index (χ0n) is 18.1. The Morgan fingerprint density at radius 2 is 1.00 bits per heavy atom. The van der Waals surface area contributed by atoms with Crippen LogP contribution < -0.4 is 0 Å². The van der Waals surface area contributed by atoms with Crippen LogP contribution in [0.4, 0.5) is 0 Å². The minimum atomic E-state index is 0.283. The van der Waals surface area contributed by atoms with Crippen LogP contribution in [-0.4, -0.2) is 78.6 Å². The van der Waals surface area contributed by atoms with Gasteiger partial charge in [0.05, 0.1) is 0 Å². The number of rotatable bonds is 14. The molecule has 0 N–H and O–H groups in total. The summed E-state index contributed by atoms with van der Waals surface area (Å²) in [5.41, 5.74) is 0. The third-order valence-corrected chi connectivity index (χ3v) is 8.78. The Kier molecular flexibility index (Phi) is 22.1. The fourth-order valence-corrected chi connectivity index (χ4v) is 5.24. The monoisotopic (exact) mass is 397 g/mol. The SMILES string of the molecule is CCN(CC)C(C)C[N-]CC(C)N(CC)CC.CC[CH2][Ga+][CH2]CC. The molecule has 0 spiro atoms. The summed E-state index contributed by atoms with van der Waals surface area (Å²) in [4.78, 5) is 8.09. The molecule has 0 bridgehead atoms. The molecule has 0 amide bonds. The van der Waals surface area contributed by atoms with Crippen molar-refractivity contribution in [1.29, 1.82) is 0 Å². The van der Waals surface area contributed by atoms with Crippen molar-refractivity contribution in [2.45, 2.75) is 90.3 Å². The average Bonchev–Trinajstić information content (AvgIpc) is 2.58. The van der Waals surface area contributed by atoms with E-state index in [1.807, 2.05) is 0 Å². The first-order valence-electron chi connectivity index (χ1n) is 10.4. The first-order valence-corrected chi connectivity index (χ1v) is 13.9. The van der Waals surface area contributed by atoms with Crippen molar-refractivity contribution in [3.8, 4) is 0 Å². The van der Waals surface area contributed by atoms with Gasteiger partial charge in [-0.15, -0.1) is 13.1 Å². The molecule has 3 nitrogen and oxygen atoms in total. The van der Waals surface area contributed by atoms with Crippen molar-refractivity contribution in [2.24, 2.45) is 0 Å². The van der Waals surface area contributed by atoms with E-state index in [0.717, 1.165) is 39.3 Å². The fraction of sp³-hybridized carbons (Fsp3) is 1.00. The molecule has 0 aromatic carbocycles. The van der Waals surface area contributed by atoms with Crippen molar-refractivity contribution in [3.63, 3.8) is 0 Å². The molecule has 0 rings (SSSR count). The molecule has 2 unspecified atom stereocenters. The number of hydrogen-bond acceptors (Lipinski definition) is 2. The molecular weight excluding hydrogens is 352 g/mol. The van der Waals surface area contributed by atoms with Gasteiger partial charge in [0.2, 0.25) is 0 Å². The van der Waals surface area contributed by atoms with Crippen LogP contribution in [0.5, 0.6) is 0 Å². The normalized spacial score (nSPS) is 13.4. The van der Waals surface area contributed by atoms with Gasteiger partial charge in [0.15, 0.2) is 0 Å². The van der Waals surface area contributed by atoms with Crippen LogP contribution in [0, 0.1) is 0 Å². The van der Waals surface area contributed by atoms with Gasteiger partial charge < -0.3 is 15.1 Å². The molecule has 2 atom stereocenters. The summed E-state index contributed by atoms with van der Waals surface area (Å²) in [6, 6.07) is 1.16. The zero-order valence-corrected chi connectivity index (χ0v) is 20.6. The van der Waals surface area contributed by atoms with Crippen molar-refractivity contribution in [1.82, 2.24) is 9.80 Å². The van der Waals surface area contributed by atoms with Crippen LogP contribution in [0.2, 0.25) is 9.95 Å². The van der Waals surface area contributed by atoms with E-state index in [-0.39, 0.29) is 17.4 Å². The van der Waals surface area contributed by atoms with Gasteiger partial charge in [-0.05, 0) is 38.3 Å². The molecule has 144 valence electrons. The van der Waals surface area contributed by atoms with Crippen molar-refractivity contribution >= 4 is 17.4 Å². The second kappa shape index (κ2) is 19.8. The van der Waals surface area contributed by atoms with Gasteiger partial charge in [-0.25, -0.2) is 0 Å². The minimum absolute atomic E-state index is 0.283. The van der Waals surface area contributed by atoms with Crippen LogP contribution in [-0.2, 0) is 0 Å². The second-order valence-corrected chi connectivity index (χ2v) is 10.2. The van der Waals surface area contributed by atoms with Crippen LogP contribution in [0.1, 0.15) is 68.2 Å². The molecule has 4 heteroatoms. The summed E-state index contributed by atoms with van der Waals surface area (Å²) in [5.74, 6) is 0. The van der Waals surface area contributed by atoms with E-state index in [2.05, 4.69) is 65.2 Å². The molecule has 24 heavy (non-hydrogen) atoms. The molecule has 0 radical (unpaired) electrons. The van der Waals surface area contributed by atoms with Gasteiger partial charge in [0.25, 0.3) is 0 Å². The van der Waals surface area contributed by atoms with E-state index in [1.165, 1.54) is 12.8 Å². The van der Waals surface area contributed by atoms with E-state index in [0.29, 0.717) is 12.1 Å². The summed E-state index contributed by atoms with van der Waals surface area (Å²) in [5, 5.41) is 4.72. The third-order valence-electron chi connectivity index (χ3n) is 4.64. The molecule has 0 aromatic rings. The van der Waals surface area contributed by atoms with E-state index in [1.54, 1.807) is 9.95 Å². The number of nitrogens with zero attached hydrogens (tertiary/aromatic N) is 3. The Morgan fingerprint density at radius 3 is 1.25 bits per heavy atom. The van der Waals surface area contributed by atoms with Gasteiger partial charge in [0, 0.05) is 0 Å². The van der Waals surface area contributed by atoms with Crippen LogP contribution in [0.25, 0.3) is 5.32 Å². The van der Waals surface area contributed by atoms with Crippen molar-refractivity contribution in [3.05, 3.63) is 5.32 Å². The molecule has 0 aliphatic rings. The predicted molar refractivity (Wildman–Crippen MR) is 114 cm³/mol. The van der Waals surface area contributed by atoms with Crippen molar-refractivity contribution in [2.75, 3.05) is 39.3 Å². The Balaban J connectivity index is 0. The maximum atomic E-state index is 4.72. The maximum absolute atomic E-state index is 4.72. The van der Waals surface area contributed by atoms with E-state index < -0.39 is 0 Å². The molecular formula is C20H46GaN3. The Morgan fingerprint density at radius 1 is 0.667 bits per heavy atom. The summed E-state index contributed by atoms with van der Waals surface area (Å²) < 4.78 is 0. The topological polar surface area (TPSA) is 20.6 Å². The first kappa shape index (κ1) is 26.7. The van der Waals surface area contributed by atoms with Crippen LogP contribution in [0.15, 0.2) is 0 Å². The van der Waals surface area contributed by atoms with Gasteiger partial charge in [0.1, 0.15) is 0 Å². The van der Waals surface area contributed by atoms with E-state index >= 15 is 0 Å². The summed E-state index contributed by atoms with van der Waals surface area (Å²) in [6.07, 6.45) is 2.86. The molecule has 0 saturated carbocycles. The average molecular weight is 398 g/mol. The number of hydrogen-bond donors (Lipinski definition) is 0. The van der Waals surface area contributed by atoms with Gasteiger partial charge in [-0.1, -0.05) is 41.5 Å². The Hall–Kier alpha value is 0.516. The molecule has 0 fully saturated rings. The van der Waals surface area contributed by atoms with Gasteiger partial charge in [-0.2, -0.15) is 0 Å². The molecule has 0 aliphatic heterocycles. The summed E-state index contributed by atoms with van der Waals surface area (Å²) in [6.45, 7) is 24.4. The first-order chi connectivity index (χ1) is 11.5. The van der Waals surface area contributed by atoms with Gasteiger partial charge >= 0.3 is 54.0 Å². The van der Waals surface area contributed by atoms with Crippen LogP contribution >= 0.6 is 0 Å². The standard InChI is InChI=1S/C14H32N3.2C3H7.Ga/c1-7-16(8-2)13(5)11-15-12-14(6)17(9-3)10-4;2*1-3-2;/h13-14H,7-12H2,1-6H3;2*1,3H2,2H3;/q-1;;;+1. The Bertz CT molecular complexity index is 209. The second-order valence-electron chi connectivity index (χ2n) is 6.60. The molecule has 0 heterocycles. The molecule has 0 aliphatic carbocycles. The van der Waals surface area contributed by atoms with Crippen molar-refractivity contribution < 1.29 is 0 Å². The van der Waals surface area contributed by atoms with Crippen LogP contribution in [0.3, 0.4) is 0 Å². The summed E-state index contributed by atoms with van der Waals surface area (Å²) >= 11 is 0.283. The third kappa shape index (κ3) is 14.8. The number of likely N-dealkylation sites (N-methyl/N-ethyl adjacent to an activating group) is 2. The quantitative estimate of drug-likeness (QED) is 0.297. The molecule has 0 saturated heterocycles. The Labute approximate surface area is 162 Å². The summed E-state index contributed by atoms with van der Waals surface area (Å²) in [7, 11) is 0. The van der Waals surface area contributed by atoms with E-state index in [9.17, 15) is 0 Å². The van der Waals surface area contributed by atoms with Gasteiger partial charge in [-0.3, -0.25) is 0 Å². The predicted octanol–water partition coefficient (Wildman–Crippen LogP) is 5.17. The van der Waals surface area contributed by atoms with E-state index in [4.69, 9.17) is 5.32 Å². The molecule has 0 aromatic heterocycles. The fourth-order valence-electron chi connectivity index (χ4n) is 2.93. The zero-order chi connectivity index (χ0) is 18.8.